The van der Waals surface area contributed by atoms with Gasteiger partial charge in [-0.25, -0.2) is 9.78 Å². The van der Waals surface area contributed by atoms with E-state index in [4.69, 9.17) is 9.84 Å². The molecule has 0 aliphatic rings. The van der Waals surface area contributed by atoms with E-state index in [9.17, 15) is 22.8 Å². The summed E-state index contributed by atoms with van der Waals surface area (Å²) in [6.45, 7) is -2.15. The lowest BCUT2D eigenvalue weighted by molar-refractivity contribution is -0.154. The van der Waals surface area contributed by atoms with Crippen LogP contribution in [0.2, 0.25) is 0 Å². The Bertz CT molecular complexity index is 522. The molecular weight excluding hydrogens is 309 g/mol. The molecule has 1 aromatic heterocycles. The molecule has 2 N–H and O–H groups in total. The first-order chi connectivity index (χ1) is 10.3. The molecule has 22 heavy (non-hydrogen) atoms. The number of aromatic nitrogens is 1. The van der Waals surface area contributed by atoms with E-state index in [0.29, 0.717) is 0 Å². The minimum Gasteiger partial charge on any atom is -0.480 e. The molecule has 10 heteroatoms. The van der Waals surface area contributed by atoms with Gasteiger partial charge in [0.05, 0.1) is 6.61 Å². The molecule has 0 aliphatic carbocycles. The topological polar surface area (TPSA) is 97.8 Å². The number of amides is 1. The zero-order valence-corrected chi connectivity index (χ0v) is 11.2. The molecule has 0 spiro atoms. The second kappa shape index (κ2) is 8.17. The monoisotopic (exact) mass is 322 g/mol. The number of nitrogens with one attached hydrogen (secondary N) is 1. The molecule has 1 rings (SSSR count). The lowest BCUT2D eigenvalue weighted by atomic mass is 10.2. The van der Waals surface area contributed by atoms with E-state index in [1.807, 2.05) is 0 Å². The highest BCUT2D eigenvalue weighted by molar-refractivity contribution is 5.96. The summed E-state index contributed by atoms with van der Waals surface area (Å²) in [6.07, 6.45) is -3.35. The number of pyridine rings is 1. The minimum atomic E-state index is -4.55. The maximum atomic E-state index is 12.1. The molecule has 0 aromatic carbocycles. The van der Waals surface area contributed by atoms with E-state index < -0.39 is 37.1 Å². The number of hydrogen-bond donors (Lipinski definition) is 2. The largest absolute Gasteiger partial charge is 0.480 e. The fourth-order valence-electron chi connectivity index (χ4n) is 1.32. The first kappa shape index (κ1) is 17.7. The quantitative estimate of drug-likeness (QED) is 0.689. The van der Waals surface area contributed by atoms with Crippen molar-refractivity contribution < 1.29 is 37.3 Å². The van der Waals surface area contributed by atoms with Crippen molar-refractivity contribution in [1.29, 1.82) is 0 Å². The molecule has 0 atom stereocenters. The molecule has 0 fully saturated rings. The smallest absolute Gasteiger partial charge is 0.422 e. The van der Waals surface area contributed by atoms with Crippen molar-refractivity contribution in [2.75, 3.05) is 26.4 Å². The van der Waals surface area contributed by atoms with Gasteiger partial charge in [0.2, 0.25) is 5.88 Å². The van der Waals surface area contributed by atoms with Crippen LogP contribution >= 0.6 is 0 Å². The zero-order chi connectivity index (χ0) is 16.6. The maximum absolute atomic E-state index is 12.1. The number of nitrogens with zero attached hydrogens (tertiary/aromatic N) is 1. The third-order valence-electron chi connectivity index (χ3n) is 2.15. The van der Waals surface area contributed by atoms with Crippen molar-refractivity contribution in [3.63, 3.8) is 0 Å². The van der Waals surface area contributed by atoms with Crippen molar-refractivity contribution in [3.05, 3.63) is 23.9 Å². The van der Waals surface area contributed by atoms with Gasteiger partial charge in [-0.1, -0.05) is 0 Å². The summed E-state index contributed by atoms with van der Waals surface area (Å²) < 4.78 is 45.5. The lowest BCUT2D eigenvalue weighted by Gasteiger charge is -2.12. The fourth-order valence-corrected chi connectivity index (χ4v) is 1.32. The summed E-state index contributed by atoms with van der Waals surface area (Å²) in [6, 6.07) is 2.63. The van der Waals surface area contributed by atoms with Crippen molar-refractivity contribution in [1.82, 2.24) is 10.3 Å². The molecule has 0 radical (unpaired) electrons. The average molecular weight is 322 g/mol. The third kappa shape index (κ3) is 6.88. The number of ether oxygens (including phenoxy) is 2. The molecule has 0 unspecified atom stereocenters. The van der Waals surface area contributed by atoms with E-state index >= 15 is 0 Å². The summed E-state index contributed by atoms with van der Waals surface area (Å²) in [5, 5.41) is 10.7. The first-order valence-corrected chi connectivity index (χ1v) is 6.02. The predicted molar refractivity (Wildman–Crippen MR) is 66.6 cm³/mol. The van der Waals surface area contributed by atoms with Crippen LogP contribution in [0.25, 0.3) is 0 Å². The number of alkyl halides is 3. The number of hydrogen-bond acceptors (Lipinski definition) is 5. The summed E-state index contributed by atoms with van der Waals surface area (Å²) in [7, 11) is 0. The number of carbonyl (C=O) groups is 2. The second-order valence-corrected chi connectivity index (χ2v) is 3.96. The summed E-state index contributed by atoms with van der Waals surface area (Å²) in [5.74, 6) is -2.30. The molecule has 0 bridgehead atoms. The molecule has 0 saturated heterocycles. The van der Waals surface area contributed by atoms with Gasteiger partial charge in [0, 0.05) is 12.7 Å². The number of carbonyl (C=O) groups excluding carboxylic acids is 1. The highest BCUT2D eigenvalue weighted by Crippen LogP contribution is 2.19. The van der Waals surface area contributed by atoms with Crippen LogP contribution in [0, 0.1) is 0 Å². The van der Waals surface area contributed by atoms with Crippen LogP contribution in [-0.2, 0) is 9.53 Å². The van der Waals surface area contributed by atoms with Crippen LogP contribution in [0.1, 0.15) is 10.4 Å². The minimum absolute atomic E-state index is 0.0142. The van der Waals surface area contributed by atoms with Gasteiger partial charge >= 0.3 is 12.1 Å². The standard InChI is InChI=1S/C12H13F3N2O5/c13-12(14,15)7-22-11-8(2-1-3-17-11)10(20)16-4-5-21-6-9(18)19/h1-3H,4-7H2,(H,16,20)(H,18,19). The van der Waals surface area contributed by atoms with Crippen molar-refractivity contribution in [2.24, 2.45) is 0 Å². The van der Waals surface area contributed by atoms with Crippen molar-refractivity contribution >= 4 is 11.9 Å². The lowest BCUT2D eigenvalue weighted by Crippen LogP contribution is -2.29. The van der Waals surface area contributed by atoms with Crippen LogP contribution in [0.5, 0.6) is 5.88 Å². The van der Waals surface area contributed by atoms with E-state index in [1.54, 1.807) is 0 Å². The Morgan fingerprint density at radius 3 is 2.73 bits per heavy atom. The van der Waals surface area contributed by atoms with Crippen molar-refractivity contribution in [2.45, 2.75) is 6.18 Å². The van der Waals surface area contributed by atoms with Gasteiger partial charge in [0.1, 0.15) is 12.2 Å². The van der Waals surface area contributed by atoms with Crippen LogP contribution in [0.15, 0.2) is 18.3 Å². The van der Waals surface area contributed by atoms with Gasteiger partial charge < -0.3 is 19.9 Å². The van der Waals surface area contributed by atoms with E-state index in [-0.39, 0.29) is 18.7 Å². The number of carboxylic acid groups (broad SMARTS) is 1. The molecule has 0 saturated carbocycles. The van der Waals surface area contributed by atoms with E-state index in [2.05, 4.69) is 15.0 Å². The summed E-state index contributed by atoms with van der Waals surface area (Å²) in [5.41, 5.74) is -0.162. The van der Waals surface area contributed by atoms with Crippen LogP contribution in [0.4, 0.5) is 13.2 Å². The predicted octanol–water partition coefficient (Wildman–Crippen LogP) is 0.854. The Morgan fingerprint density at radius 1 is 1.36 bits per heavy atom. The number of carboxylic acids is 1. The molecule has 1 amide bonds. The normalized spacial score (nSPS) is 11.0. The second-order valence-electron chi connectivity index (χ2n) is 3.96. The third-order valence-corrected chi connectivity index (χ3v) is 2.15. The molecule has 0 aliphatic heterocycles. The van der Waals surface area contributed by atoms with E-state index in [0.717, 1.165) is 0 Å². The van der Waals surface area contributed by atoms with Gasteiger partial charge in [-0.3, -0.25) is 4.79 Å². The Morgan fingerprint density at radius 2 is 2.09 bits per heavy atom. The molecular formula is C12H13F3N2O5. The number of aliphatic carboxylic acids is 1. The Labute approximate surface area is 123 Å². The van der Waals surface area contributed by atoms with Crippen molar-refractivity contribution in [3.8, 4) is 5.88 Å². The molecule has 7 nitrogen and oxygen atoms in total. The van der Waals surface area contributed by atoms with Gasteiger partial charge in [0.25, 0.3) is 5.91 Å². The maximum Gasteiger partial charge on any atom is 0.422 e. The summed E-state index contributed by atoms with van der Waals surface area (Å²) in [4.78, 5) is 25.6. The highest BCUT2D eigenvalue weighted by atomic mass is 19.4. The van der Waals surface area contributed by atoms with Gasteiger partial charge in [-0.2, -0.15) is 13.2 Å². The zero-order valence-electron chi connectivity index (χ0n) is 11.2. The fraction of sp³-hybridized carbons (Fsp3) is 0.417. The summed E-state index contributed by atoms with van der Waals surface area (Å²) >= 11 is 0. The molecule has 122 valence electrons. The number of halogens is 3. The Kier molecular flexibility index (Phi) is 6.57. The van der Waals surface area contributed by atoms with Gasteiger partial charge in [-0.15, -0.1) is 0 Å². The van der Waals surface area contributed by atoms with Crippen LogP contribution < -0.4 is 10.1 Å². The molecule has 1 aromatic rings. The average Bonchev–Trinajstić information content (AvgIpc) is 2.43. The highest BCUT2D eigenvalue weighted by Gasteiger charge is 2.29. The Hall–Kier alpha value is -2.36. The van der Waals surface area contributed by atoms with Gasteiger partial charge in [0.15, 0.2) is 6.61 Å². The molecule has 1 heterocycles. The van der Waals surface area contributed by atoms with Crippen LogP contribution in [0.3, 0.4) is 0 Å². The number of rotatable bonds is 8. The van der Waals surface area contributed by atoms with Crippen LogP contribution in [-0.4, -0.2) is 54.5 Å². The van der Waals surface area contributed by atoms with Gasteiger partial charge in [-0.05, 0) is 12.1 Å². The first-order valence-electron chi connectivity index (χ1n) is 6.02. The Balaban J connectivity index is 2.52. The SMILES string of the molecule is O=C(O)COCCNC(=O)c1cccnc1OCC(F)(F)F. The van der Waals surface area contributed by atoms with E-state index in [1.165, 1.54) is 18.3 Å².